The number of ether oxygens (including phenoxy) is 2. The van der Waals surface area contributed by atoms with E-state index in [0.717, 1.165) is 23.1 Å². The van der Waals surface area contributed by atoms with Gasteiger partial charge in [-0.05, 0) is 89.4 Å². The van der Waals surface area contributed by atoms with Crippen LogP contribution in [0.4, 0.5) is 0 Å². The minimum atomic E-state index is -1.02. The van der Waals surface area contributed by atoms with E-state index in [0.29, 0.717) is 46.3 Å². The predicted octanol–water partition coefficient (Wildman–Crippen LogP) is 5.73. The Morgan fingerprint density at radius 3 is 2.55 bits per heavy atom. The Morgan fingerprint density at radius 1 is 1.15 bits per heavy atom. The average Bonchev–Trinajstić information content (AvgIpc) is 2.95. The fraction of sp³-hybridized carbons (Fsp3) is 0.419. The predicted molar refractivity (Wildman–Crippen MR) is 162 cm³/mol. The third-order valence-electron chi connectivity index (χ3n) is 8.50. The number of benzene rings is 2. The number of hydrogen-bond acceptors (Lipinski definition) is 7. The number of fused-ring (bicyclic) bond motifs is 4. The van der Waals surface area contributed by atoms with Gasteiger partial charge in [0.1, 0.15) is 0 Å². The number of phenolic OH excluding ortho intramolecular Hbond substituents is 1. The van der Waals surface area contributed by atoms with E-state index >= 15 is 0 Å². The van der Waals surface area contributed by atoms with Crippen molar-refractivity contribution in [2.24, 2.45) is 17.8 Å². The molecule has 9 heteroatoms. The summed E-state index contributed by atoms with van der Waals surface area (Å²) in [7, 11) is 2.15. The molecule has 4 atom stereocenters. The van der Waals surface area contributed by atoms with Gasteiger partial charge < -0.3 is 24.3 Å². The van der Waals surface area contributed by atoms with Crippen LogP contribution in [0.25, 0.3) is 6.08 Å². The van der Waals surface area contributed by atoms with Gasteiger partial charge in [0.15, 0.2) is 23.1 Å². The first-order valence-corrected chi connectivity index (χ1v) is 14.8. The number of methoxy groups -OCH3 is 2. The molecule has 2 aliphatic carbocycles. The first-order valence-electron chi connectivity index (χ1n) is 13.7. The lowest BCUT2D eigenvalue weighted by Gasteiger charge is -2.47. The van der Waals surface area contributed by atoms with Crippen molar-refractivity contribution in [3.63, 3.8) is 0 Å². The Hall–Kier alpha value is -2.47. The van der Waals surface area contributed by atoms with Crippen LogP contribution in [0.15, 0.2) is 53.1 Å². The zero-order chi connectivity index (χ0) is 28.6. The zero-order valence-electron chi connectivity index (χ0n) is 23.0. The van der Waals surface area contributed by atoms with Gasteiger partial charge in [0, 0.05) is 30.1 Å². The van der Waals surface area contributed by atoms with Crippen molar-refractivity contribution in [1.82, 2.24) is 0 Å². The van der Waals surface area contributed by atoms with Crippen molar-refractivity contribution >= 4 is 47.4 Å². The number of hydrogen-bond donors (Lipinski definition) is 2. The molecule has 40 heavy (non-hydrogen) atoms. The zero-order valence-corrected chi connectivity index (χ0v) is 25.1. The van der Waals surface area contributed by atoms with Crippen molar-refractivity contribution < 1.29 is 33.8 Å². The maximum absolute atomic E-state index is 13.8. The van der Waals surface area contributed by atoms with Crippen molar-refractivity contribution in [3.05, 3.63) is 73.4 Å². The number of halogens is 1. The van der Waals surface area contributed by atoms with E-state index in [4.69, 9.17) is 14.1 Å². The fourth-order valence-corrected chi connectivity index (χ4v) is 7.34. The molecule has 1 heterocycles. The minimum Gasteiger partial charge on any atom is -0.504 e. The summed E-state index contributed by atoms with van der Waals surface area (Å²) < 4.78 is 17.7. The summed E-state index contributed by atoms with van der Waals surface area (Å²) in [6.45, 7) is 2.45. The van der Waals surface area contributed by atoms with Crippen LogP contribution in [0.5, 0.6) is 11.5 Å². The van der Waals surface area contributed by atoms with Gasteiger partial charge in [0.25, 0.3) is 0 Å². The summed E-state index contributed by atoms with van der Waals surface area (Å²) in [6.07, 6.45) is 4.61. The number of aromatic hydroxyl groups is 1. The van der Waals surface area contributed by atoms with Crippen LogP contribution >= 0.6 is 22.6 Å². The molecule has 5 rings (SSSR count). The van der Waals surface area contributed by atoms with Crippen LogP contribution in [-0.4, -0.2) is 55.7 Å². The van der Waals surface area contributed by atoms with Crippen LogP contribution in [0.1, 0.15) is 58.9 Å². The molecular formula is C31H34BIO7. The van der Waals surface area contributed by atoms with Gasteiger partial charge in [-0.25, -0.2) is 0 Å². The van der Waals surface area contributed by atoms with Crippen molar-refractivity contribution in [2.45, 2.75) is 45.0 Å². The van der Waals surface area contributed by atoms with E-state index in [-0.39, 0.29) is 35.7 Å². The summed E-state index contributed by atoms with van der Waals surface area (Å²) in [5, 5.41) is 21.0. The molecule has 0 spiro atoms. The molecule has 0 radical (unpaired) electrons. The molecule has 2 aromatic carbocycles. The highest BCUT2D eigenvalue weighted by molar-refractivity contribution is 14.1. The van der Waals surface area contributed by atoms with E-state index in [1.807, 2.05) is 12.1 Å². The second kappa shape index (κ2) is 12.2. The maximum atomic E-state index is 13.8. The molecule has 1 fully saturated rings. The summed E-state index contributed by atoms with van der Waals surface area (Å²) in [4.78, 5) is 27.3. The molecule has 0 amide bonds. The SMILES string of the molecule is CC/C(=C\c1cc(I)c(O)c(OC)c1)CC[C@H]1OB(O)C[C@H]2C1=C(COC)C[C@H]1C(=O)c3ccccc3C(=O)[C@H]12. The third kappa shape index (κ3) is 5.41. The van der Waals surface area contributed by atoms with Gasteiger partial charge in [-0.15, -0.1) is 0 Å². The Balaban J connectivity index is 1.46. The van der Waals surface area contributed by atoms with Crippen molar-refractivity contribution in [1.29, 1.82) is 0 Å². The second-order valence-electron chi connectivity index (χ2n) is 10.8. The molecule has 0 bridgehead atoms. The Bertz CT molecular complexity index is 1380. The van der Waals surface area contributed by atoms with Crippen LogP contribution < -0.4 is 4.74 Å². The number of allylic oxidation sites excluding steroid dienone is 1. The molecule has 3 aliphatic rings. The van der Waals surface area contributed by atoms with Gasteiger partial charge in [-0.1, -0.05) is 42.8 Å². The topological polar surface area (TPSA) is 102 Å². The van der Waals surface area contributed by atoms with Gasteiger partial charge in [-0.3, -0.25) is 9.59 Å². The summed E-state index contributed by atoms with van der Waals surface area (Å²) in [5.74, 6) is -0.704. The van der Waals surface area contributed by atoms with Crippen LogP contribution in [0.2, 0.25) is 6.32 Å². The normalized spacial score (nSPS) is 24.5. The number of Topliss-reactive ketones (excluding diaryl/α,β-unsaturated/α-hetero) is 2. The highest BCUT2D eigenvalue weighted by Crippen LogP contribution is 2.51. The lowest BCUT2D eigenvalue weighted by Crippen LogP contribution is -2.51. The Morgan fingerprint density at radius 2 is 1.88 bits per heavy atom. The van der Waals surface area contributed by atoms with E-state index in [1.54, 1.807) is 31.4 Å². The number of carbonyl (C=O) groups is 2. The molecule has 0 saturated carbocycles. The molecule has 2 aromatic rings. The van der Waals surface area contributed by atoms with Crippen LogP contribution in [0, 0.1) is 21.3 Å². The second-order valence-corrected chi connectivity index (χ2v) is 11.9. The molecule has 0 aromatic heterocycles. The number of carbonyl (C=O) groups excluding carboxylic acids is 2. The van der Waals surface area contributed by atoms with Crippen molar-refractivity contribution in [3.8, 4) is 11.5 Å². The lowest BCUT2D eigenvalue weighted by atomic mass is 9.54. The highest BCUT2D eigenvalue weighted by Gasteiger charge is 2.53. The number of phenols is 1. The van der Waals surface area contributed by atoms with Gasteiger partial charge >= 0.3 is 7.12 Å². The van der Waals surface area contributed by atoms with E-state index in [9.17, 15) is 19.7 Å². The number of rotatable bonds is 8. The smallest absolute Gasteiger partial charge is 0.455 e. The minimum absolute atomic E-state index is 0.000505. The third-order valence-corrected chi connectivity index (χ3v) is 9.33. The van der Waals surface area contributed by atoms with E-state index < -0.39 is 19.0 Å². The highest BCUT2D eigenvalue weighted by atomic mass is 127. The van der Waals surface area contributed by atoms with Gasteiger partial charge in [0.2, 0.25) is 0 Å². The molecule has 210 valence electrons. The molecule has 1 saturated heterocycles. The van der Waals surface area contributed by atoms with Crippen molar-refractivity contribution in [2.75, 3.05) is 20.8 Å². The first kappa shape index (κ1) is 29.0. The summed E-state index contributed by atoms with van der Waals surface area (Å²) >= 11 is 2.09. The van der Waals surface area contributed by atoms with Gasteiger partial charge in [0.05, 0.1) is 23.4 Å². The lowest BCUT2D eigenvalue weighted by molar-refractivity contribution is 0.0584. The van der Waals surface area contributed by atoms with Crippen LogP contribution in [0.3, 0.4) is 0 Å². The fourth-order valence-electron chi connectivity index (χ4n) is 6.71. The largest absolute Gasteiger partial charge is 0.504 e. The molecule has 2 N–H and O–H groups in total. The molecule has 1 aliphatic heterocycles. The molecule has 0 unspecified atom stereocenters. The van der Waals surface area contributed by atoms with E-state index in [2.05, 4.69) is 35.6 Å². The molecular weight excluding hydrogens is 622 g/mol. The molecule has 7 nitrogen and oxygen atoms in total. The van der Waals surface area contributed by atoms with Gasteiger partial charge in [-0.2, -0.15) is 0 Å². The Labute approximate surface area is 248 Å². The Kier molecular flexibility index (Phi) is 8.85. The summed E-state index contributed by atoms with van der Waals surface area (Å²) in [5.41, 5.74) is 5.12. The maximum Gasteiger partial charge on any atom is 0.455 e. The quantitative estimate of drug-likeness (QED) is 0.213. The summed E-state index contributed by atoms with van der Waals surface area (Å²) in [6, 6.07) is 10.8. The standard InChI is InChI=1S/C31H34BIO7/c1-4-17(11-18-12-24(33)31(36)26(13-18)39-3)9-10-25-27-19(16-38-2)14-22-28(23(27)15-32(37)40-25)30(35)21-8-6-5-7-20(21)29(22)34/h5-8,11-13,22-23,25,28,36-37H,4,9-10,14-16H2,1-3H3/b17-11+/t22-,23+,25-,28-/m1/s1. The monoisotopic (exact) mass is 656 g/mol. The average molecular weight is 656 g/mol. The number of ketones is 2. The first-order chi connectivity index (χ1) is 19.3. The van der Waals surface area contributed by atoms with Crippen LogP contribution in [-0.2, 0) is 9.39 Å². The van der Waals surface area contributed by atoms with E-state index in [1.165, 1.54) is 12.7 Å².